The van der Waals surface area contributed by atoms with Crippen molar-refractivity contribution >= 4 is 136 Å². The van der Waals surface area contributed by atoms with Gasteiger partial charge in [0.1, 0.15) is 0 Å². The van der Waals surface area contributed by atoms with Crippen molar-refractivity contribution in [2.45, 2.75) is -0.882 Å². The lowest BCUT2D eigenvalue weighted by atomic mass is 11.3. The van der Waals surface area contributed by atoms with E-state index in [1.165, 1.54) is 0 Å². The minimum Gasteiger partial charge on any atom is -0.168 e. The second-order valence-corrected chi connectivity index (χ2v) is 22.8. The number of halogens is 6. The fourth-order valence-electron chi connectivity index (χ4n) is 0.144. The summed E-state index contributed by atoms with van der Waals surface area (Å²) in [5.41, 5.74) is 0. The number of rotatable bonds is 2. The van der Waals surface area contributed by atoms with Crippen molar-refractivity contribution in [1.82, 2.24) is 5.32 Å². The lowest BCUT2D eigenvalue weighted by Gasteiger charge is -2.19. The number of nitrogens with zero attached hydrogens (tertiary/aromatic N) is 1. The molecule has 0 saturated heterocycles. The first-order valence-corrected chi connectivity index (χ1v) is 8.05. The molecular formula is C2I6N. The average Bonchev–Trinajstić information content (AvgIpc) is 1.14. The van der Waals surface area contributed by atoms with Gasteiger partial charge >= 0.3 is 0 Å². The number of hydrogen-bond donors (Lipinski definition) is 0. The standard InChI is InChI=1S/C2I6N/c3-1(4,5)9-2(6,7)8. The van der Waals surface area contributed by atoms with E-state index in [2.05, 4.69) is 141 Å². The summed E-state index contributed by atoms with van der Waals surface area (Å²) in [7, 11) is 0. The Morgan fingerprint density at radius 2 is 0.889 bits per heavy atom. The van der Waals surface area contributed by atoms with Gasteiger partial charge in [0.05, 0.1) is 0 Å². The van der Waals surface area contributed by atoms with Gasteiger partial charge in [0.15, 0.2) is -0.882 Å². The highest BCUT2D eigenvalue weighted by Gasteiger charge is 2.30. The summed E-state index contributed by atoms with van der Waals surface area (Å²) in [6, 6.07) is 0. The predicted octanol–water partition coefficient (Wildman–Crippen LogP) is 4.42. The molecule has 0 rings (SSSR count). The van der Waals surface area contributed by atoms with Gasteiger partial charge < -0.3 is 0 Å². The molecule has 1 radical (unpaired) electrons. The molecule has 0 aliphatic rings. The third kappa shape index (κ3) is 12.3. The predicted molar refractivity (Wildman–Crippen MR) is 91.7 cm³/mol. The summed E-state index contributed by atoms with van der Waals surface area (Å²) in [5, 5.41) is 4.46. The zero-order chi connectivity index (χ0) is 7.71. The van der Waals surface area contributed by atoms with Crippen LogP contribution in [0.3, 0.4) is 0 Å². The molecule has 0 amide bonds. The molecule has 0 aliphatic heterocycles. The fraction of sp³-hybridized carbons (Fsp3) is 1.00. The minimum atomic E-state index is -0.00313. The minimum absolute atomic E-state index is 0.00313. The van der Waals surface area contributed by atoms with Gasteiger partial charge in [-0.3, -0.25) is 0 Å². The molecule has 7 heteroatoms. The van der Waals surface area contributed by atoms with Crippen molar-refractivity contribution in [3.8, 4) is 0 Å². The van der Waals surface area contributed by atoms with Crippen LogP contribution in [0.1, 0.15) is 0 Å². The van der Waals surface area contributed by atoms with Crippen molar-refractivity contribution in [3.63, 3.8) is 0 Å². The average molecular weight is 799 g/mol. The van der Waals surface area contributed by atoms with Crippen LogP contribution in [0.2, 0.25) is 0 Å². The third-order valence-corrected chi connectivity index (χ3v) is 1.70. The van der Waals surface area contributed by atoms with Crippen LogP contribution in [0.4, 0.5) is 0 Å². The Morgan fingerprint density at radius 1 is 0.667 bits per heavy atom. The summed E-state index contributed by atoms with van der Waals surface area (Å²) in [6.45, 7) is 0. The van der Waals surface area contributed by atoms with E-state index in [-0.39, 0.29) is -0.882 Å². The molecule has 0 fully saturated rings. The number of hydrogen-bond acceptors (Lipinski definition) is 0. The van der Waals surface area contributed by atoms with Gasteiger partial charge in [-0.1, -0.05) is 0 Å². The topological polar surface area (TPSA) is 14.1 Å². The molecular weight excluding hydrogens is 799 g/mol. The van der Waals surface area contributed by atoms with Crippen molar-refractivity contribution in [3.05, 3.63) is 0 Å². The van der Waals surface area contributed by atoms with Crippen molar-refractivity contribution < 1.29 is 0 Å². The molecule has 0 aromatic carbocycles. The summed E-state index contributed by atoms with van der Waals surface area (Å²) in [4.78, 5) is 0. The van der Waals surface area contributed by atoms with Crippen molar-refractivity contribution in [2.24, 2.45) is 0 Å². The molecule has 0 aromatic rings. The van der Waals surface area contributed by atoms with E-state index in [9.17, 15) is 0 Å². The van der Waals surface area contributed by atoms with Gasteiger partial charge in [-0.25, -0.2) is 0 Å². The van der Waals surface area contributed by atoms with E-state index in [1.807, 2.05) is 0 Å². The molecule has 0 saturated carbocycles. The smallest absolute Gasteiger partial charge is 0.168 e. The summed E-state index contributed by atoms with van der Waals surface area (Å²) >= 11 is 13.8. The molecule has 0 aromatic heterocycles. The Balaban J connectivity index is 3.75. The SMILES string of the molecule is IC(I)(I)[N]C(I)(I)I. The van der Waals surface area contributed by atoms with Gasteiger partial charge in [-0.2, -0.15) is 5.32 Å². The van der Waals surface area contributed by atoms with Crippen LogP contribution in [-0.4, -0.2) is -0.882 Å². The molecule has 1 nitrogen and oxygen atoms in total. The molecule has 55 valence electrons. The summed E-state index contributed by atoms with van der Waals surface area (Å²) in [6.07, 6.45) is 0. The molecule has 0 bridgehead atoms. The molecule has 0 heterocycles. The maximum atomic E-state index is 4.46. The fourth-order valence-corrected chi connectivity index (χ4v) is 6.47. The summed E-state index contributed by atoms with van der Waals surface area (Å²) < 4.78 is -0.00625. The van der Waals surface area contributed by atoms with Crippen LogP contribution >= 0.6 is 136 Å². The lowest BCUT2D eigenvalue weighted by Crippen LogP contribution is -2.27. The summed E-state index contributed by atoms with van der Waals surface area (Å²) in [5.74, 6) is 0. The second kappa shape index (κ2) is 5.28. The largest absolute Gasteiger partial charge is 0.191 e. The van der Waals surface area contributed by atoms with E-state index in [1.54, 1.807) is 0 Å². The van der Waals surface area contributed by atoms with E-state index in [0.29, 0.717) is 0 Å². The molecule has 9 heavy (non-hydrogen) atoms. The highest BCUT2D eigenvalue weighted by Crippen LogP contribution is 2.43. The Labute approximate surface area is 136 Å². The van der Waals surface area contributed by atoms with Crippen molar-refractivity contribution in [1.29, 1.82) is 0 Å². The molecule has 0 unspecified atom stereocenters. The zero-order valence-electron chi connectivity index (χ0n) is 3.72. The quantitative estimate of drug-likeness (QED) is 0.224. The first kappa shape index (κ1) is 13.3. The molecule has 0 aliphatic carbocycles. The zero-order valence-corrected chi connectivity index (χ0v) is 16.7. The highest BCUT2D eigenvalue weighted by molar-refractivity contribution is 14.3. The van der Waals surface area contributed by atoms with Crippen LogP contribution in [0, 0.1) is 0 Å². The maximum Gasteiger partial charge on any atom is 0.191 e. The lowest BCUT2D eigenvalue weighted by molar-refractivity contribution is 0.893. The Kier molecular flexibility index (Phi) is 7.82. The number of alkyl halides is 6. The van der Waals surface area contributed by atoms with Gasteiger partial charge in [-0.15, -0.1) is 0 Å². The maximum absolute atomic E-state index is 4.46. The van der Waals surface area contributed by atoms with Crippen LogP contribution < -0.4 is 5.32 Å². The van der Waals surface area contributed by atoms with Gasteiger partial charge in [-0.05, 0) is 136 Å². The molecule has 0 atom stereocenters. The first-order valence-electron chi connectivity index (χ1n) is 1.58. The van der Waals surface area contributed by atoms with E-state index in [0.717, 1.165) is 0 Å². The van der Waals surface area contributed by atoms with Crippen LogP contribution in [-0.2, 0) is 0 Å². The van der Waals surface area contributed by atoms with E-state index < -0.39 is 0 Å². The highest BCUT2D eigenvalue weighted by atomic mass is 127. The van der Waals surface area contributed by atoms with Crippen LogP contribution in [0.25, 0.3) is 0 Å². The third-order valence-electron chi connectivity index (χ3n) is 0.254. The monoisotopic (exact) mass is 799 g/mol. The van der Waals surface area contributed by atoms with Gasteiger partial charge in [0, 0.05) is 0 Å². The van der Waals surface area contributed by atoms with Gasteiger partial charge in [0.25, 0.3) is 0 Å². The normalized spacial score (nSPS) is 14.0. The Bertz CT molecular complexity index is 76.2. The Morgan fingerprint density at radius 3 is 0.889 bits per heavy atom. The van der Waals surface area contributed by atoms with E-state index >= 15 is 0 Å². The van der Waals surface area contributed by atoms with Crippen molar-refractivity contribution in [2.75, 3.05) is 0 Å². The van der Waals surface area contributed by atoms with Crippen LogP contribution in [0.5, 0.6) is 0 Å². The van der Waals surface area contributed by atoms with Crippen LogP contribution in [0.15, 0.2) is 0 Å². The first-order chi connectivity index (χ1) is 3.71. The second-order valence-electron chi connectivity index (χ2n) is 1.05. The van der Waals surface area contributed by atoms with E-state index in [4.69, 9.17) is 0 Å². The Hall–Kier alpha value is 4.34. The molecule has 0 N–H and O–H groups in total. The molecule has 0 spiro atoms. The van der Waals surface area contributed by atoms with Gasteiger partial charge in [0.2, 0.25) is 0 Å².